The highest BCUT2D eigenvalue weighted by Crippen LogP contribution is 2.29. The van der Waals surface area contributed by atoms with E-state index in [-0.39, 0.29) is 23.6 Å². The minimum Gasteiger partial charge on any atom is -0.491 e. The summed E-state index contributed by atoms with van der Waals surface area (Å²) >= 11 is 0. The van der Waals surface area contributed by atoms with E-state index in [0.29, 0.717) is 0 Å². The van der Waals surface area contributed by atoms with E-state index in [1.54, 1.807) is 6.92 Å². The number of carboxylic acid groups (broad SMARTS) is 1. The van der Waals surface area contributed by atoms with Gasteiger partial charge >= 0.3 is 5.97 Å². The van der Waals surface area contributed by atoms with Gasteiger partial charge in [-0.15, -0.1) is 0 Å². The lowest BCUT2D eigenvalue weighted by Crippen LogP contribution is -1.98. The van der Waals surface area contributed by atoms with Crippen LogP contribution in [0.1, 0.15) is 17.5 Å². The number of halogens is 2. The number of rotatable bonds is 4. The number of aromatic carboxylic acids is 1. The predicted molar refractivity (Wildman–Crippen MR) is 60.0 cm³/mol. The summed E-state index contributed by atoms with van der Waals surface area (Å²) < 4.78 is 36.8. The molecule has 0 spiro atoms. The second-order valence-electron chi connectivity index (χ2n) is 3.55. The van der Waals surface area contributed by atoms with Crippen LogP contribution in [0.3, 0.4) is 0 Å². The maximum Gasteiger partial charge on any atom is 0.374 e. The molecule has 7 heteroatoms. The normalized spacial score (nSPS) is 10.5. The van der Waals surface area contributed by atoms with Crippen LogP contribution in [-0.4, -0.2) is 22.8 Å². The van der Waals surface area contributed by atoms with Gasteiger partial charge in [0.2, 0.25) is 11.6 Å². The van der Waals surface area contributed by atoms with E-state index in [0.717, 1.165) is 6.07 Å². The molecule has 0 aliphatic rings. The lowest BCUT2D eigenvalue weighted by atomic mass is 10.1. The average molecular weight is 269 g/mol. The molecule has 100 valence electrons. The average Bonchev–Trinajstić information content (AvgIpc) is 2.85. The first-order valence-electron chi connectivity index (χ1n) is 5.35. The van der Waals surface area contributed by atoms with Crippen molar-refractivity contribution in [1.29, 1.82) is 0 Å². The lowest BCUT2D eigenvalue weighted by molar-refractivity contribution is 0.0652. The molecule has 1 heterocycles. The Kier molecular flexibility index (Phi) is 3.46. The summed E-state index contributed by atoms with van der Waals surface area (Å²) in [6.07, 6.45) is 0. The topological polar surface area (TPSA) is 72.6 Å². The zero-order valence-electron chi connectivity index (χ0n) is 9.81. The molecule has 5 nitrogen and oxygen atoms in total. The maximum atomic E-state index is 13.8. The molecular formula is C12H9F2NO4. The molecule has 0 fully saturated rings. The minimum atomic E-state index is -1.34. The van der Waals surface area contributed by atoms with Gasteiger partial charge in [0.25, 0.3) is 0 Å². The van der Waals surface area contributed by atoms with Crippen LogP contribution in [0.25, 0.3) is 11.3 Å². The van der Waals surface area contributed by atoms with E-state index in [1.165, 1.54) is 12.1 Å². The Hall–Kier alpha value is -2.44. The third kappa shape index (κ3) is 2.40. The summed E-state index contributed by atoms with van der Waals surface area (Å²) in [6.45, 7) is 1.84. The number of aromatic nitrogens is 1. The van der Waals surface area contributed by atoms with Crippen molar-refractivity contribution in [2.24, 2.45) is 0 Å². The molecule has 0 unspecified atom stereocenters. The van der Waals surface area contributed by atoms with Gasteiger partial charge in [-0.25, -0.2) is 9.18 Å². The van der Waals surface area contributed by atoms with Crippen molar-refractivity contribution < 1.29 is 27.9 Å². The van der Waals surface area contributed by atoms with Crippen molar-refractivity contribution in [3.8, 4) is 17.0 Å². The van der Waals surface area contributed by atoms with Crippen molar-refractivity contribution in [3.63, 3.8) is 0 Å². The highest BCUT2D eigenvalue weighted by atomic mass is 19.2. The van der Waals surface area contributed by atoms with E-state index in [1.807, 2.05) is 0 Å². The van der Waals surface area contributed by atoms with Crippen molar-refractivity contribution in [2.75, 3.05) is 6.61 Å². The van der Waals surface area contributed by atoms with Crippen molar-refractivity contribution >= 4 is 5.97 Å². The highest BCUT2D eigenvalue weighted by Gasteiger charge is 2.19. The van der Waals surface area contributed by atoms with Crippen LogP contribution in [0, 0.1) is 11.6 Å². The molecule has 1 N–H and O–H groups in total. The number of nitrogens with zero attached hydrogens (tertiary/aromatic N) is 1. The van der Waals surface area contributed by atoms with Gasteiger partial charge in [0, 0.05) is 11.6 Å². The molecule has 0 aliphatic carbocycles. The van der Waals surface area contributed by atoms with Gasteiger partial charge in [-0.2, -0.15) is 4.39 Å². The van der Waals surface area contributed by atoms with Crippen molar-refractivity contribution in [2.45, 2.75) is 6.92 Å². The summed E-state index contributed by atoms with van der Waals surface area (Å²) in [4.78, 5) is 10.6. The van der Waals surface area contributed by atoms with Crippen molar-refractivity contribution in [1.82, 2.24) is 5.16 Å². The number of benzene rings is 1. The van der Waals surface area contributed by atoms with Crippen LogP contribution in [0.2, 0.25) is 0 Å². The molecule has 1 aromatic heterocycles. The zero-order valence-corrected chi connectivity index (χ0v) is 9.81. The molecule has 0 aliphatic heterocycles. The summed E-state index contributed by atoms with van der Waals surface area (Å²) in [5.74, 6) is -4.34. The standard InChI is InChI=1S/C12H9F2NO4/c1-2-18-8-4-3-6(10(13)11(8)14)7-5-9(12(16)17)19-15-7/h3-5H,2H2,1H3,(H,16,17). The first kappa shape index (κ1) is 13.0. The Labute approximate surface area is 106 Å². The van der Waals surface area contributed by atoms with E-state index in [9.17, 15) is 13.6 Å². The van der Waals surface area contributed by atoms with Crippen molar-refractivity contribution in [3.05, 3.63) is 35.6 Å². The van der Waals surface area contributed by atoms with E-state index < -0.39 is 23.4 Å². The third-order valence-electron chi connectivity index (χ3n) is 2.34. The first-order chi connectivity index (χ1) is 9.04. The third-order valence-corrected chi connectivity index (χ3v) is 2.34. The minimum absolute atomic E-state index is 0.100. The maximum absolute atomic E-state index is 13.8. The number of hydrogen-bond donors (Lipinski definition) is 1. The van der Waals surface area contributed by atoms with Crippen LogP contribution < -0.4 is 4.74 Å². The van der Waals surface area contributed by atoms with E-state index in [2.05, 4.69) is 9.68 Å². The van der Waals surface area contributed by atoms with Gasteiger partial charge in [0.05, 0.1) is 6.61 Å². The van der Waals surface area contributed by atoms with Gasteiger partial charge < -0.3 is 14.4 Å². The molecule has 2 aromatic rings. The quantitative estimate of drug-likeness (QED) is 0.923. The Balaban J connectivity index is 2.45. The van der Waals surface area contributed by atoms with Gasteiger partial charge in [-0.1, -0.05) is 5.16 Å². The monoisotopic (exact) mass is 269 g/mol. The fraction of sp³-hybridized carbons (Fsp3) is 0.167. The largest absolute Gasteiger partial charge is 0.491 e. The molecule has 0 radical (unpaired) electrons. The summed E-state index contributed by atoms with van der Waals surface area (Å²) in [6, 6.07) is 3.50. The van der Waals surface area contributed by atoms with Crippen LogP contribution in [0.15, 0.2) is 22.7 Å². The van der Waals surface area contributed by atoms with E-state index >= 15 is 0 Å². The molecule has 0 bridgehead atoms. The Morgan fingerprint density at radius 1 is 1.42 bits per heavy atom. The lowest BCUT2D eigenvalue weighted by Gasteiger charge is -2.06. The van der Waals surface area contributed by atoms with Gasteiger partial charge in [-0.05, 0) is 19.1 Å². The van der Waals surface area contributed by atoms with Crippen LogP contribution >= 0.6 is 0 Å². The molecule has 0 atom stereocenters. The van der Waals surface area contributed by atoms with Crippen LogP contribution in [0.4, 0.5) is 8.78 Å². The second kappa shape index (κ2) is 5.05. The van der Waals surface area contributed by atoms with Gasteiger partial charge in [0.15, 0.2) is 11.6 Å². The fourth-order valence-electron chi connectivity index (χ4n) is 1.50. The van der Waals surface area contributed by atoms with E-state index in [4.69, 9.17) is 9.84 Å². The zero-order chi connectivity index (χ0) is 14.0. The molecule has 0 saturated carbocycles. The molecule has 0 amide bonds. The molecule has 2 rings (SSSR count). The summed E-state index contributed by atoms with van der Waals surface area (Å²) in [5, 5.41) is 12.0. The van der Waals surface area contributed by atoms with Crippen LogP contribution in [0.5, 0.6) is 5.75 Å². The summed E-state index contributed by atoms with van der Waals surface area (Å²) in [5.41, 5.74) is -0.297. The number of carbonyl (C=O) groups is 1. The smallest absolute Gasteiger partial charge is 0.374 e. The second-order valence-corrected chi connectivity index (χ2v) is 3.55. The Bertz CT molecular complexity index is 624. The van der Waals surface area contributed by atoms with Crippen LogP contribution in [-0.2, 0) is 0 Å². The predicted octanol–water partition coefficient (Wildman–Crippen LogP) is 2.72. The number of ether oxygens (including phenoxy) is 1. The first-order valence-corrected chi connectivity index (χ1v) is 5.35. The van der Waals surface area contributed by atoms with Gasteiger partial charge in [-0.3, -0.25) is 0 Å². The number of hydrogen-bond acceptors (Lipinski definition) is 4. The molecular weight excluding hydrogens is 260 g/mol. The highest BCUT2D eigenvalue weighted by molar-refractivity contribution is 5.85. The van der Waals surface area contributed by atoms with Gasteiger partial charge in [0.1, 0.15) is 5.69 Å². The fourth-order valence-corrected chi connectivity index (χ4v) is 1.50. The summed E-state index contributed by atoms with van der Waals surface area (Å²) in [7, 11) is 0. The number of carboxylic acids is 1. The SMILES string of the molecule is CCOc1ccc(-c2cc(C(=O)O)on2)c(F)c1F. The molecule has 19 heavy (non-hydrogen) atoms. The molecule has 1 aromatic carbocycles. The molecule has 0 saturated heterocycles. The Morgan fingerprint density at radius 3 is 2.74 bits per heavy atom. The Morgan fingerprint density at radius 2 is 2.16 bits per heavy atom.